The minimum absolute atomic E-state index is 0.844. The summed E-state index contributed by atoms with van der Waals surface area (Å²) in [6.45, 7) is 1.99. The van der Waals surface area contributed by atoms with Gasteiger partial charge in [-0.2, -0.15) is 0 Å². The summed E-state index contributed by atoms with van der Waals surface area (Å²) in [5.74, 6) is 0. The lowest BCUT2D eigenvalue weighted by Crippen LogP contribution is -2.15. The molecular formula is C8H14Cl2Si. The molecule has 0 saturated carbocycles. The van der Waals surface area contributed by atoms with Gasteiger partial charge in [-0.05, 0) is 25.9 Å². The van der Waals surface area contributed by atoms with Crippen LogP contribution in [-0.4, -0.2) is 6.69 Å². The second-order valence-corrected chi connectivity index (χ2v) is 9.85. The lowest BCUT2D eigenvalue weighted by atomic mass is 10.6. The summed E-state index contributed by atoms with van der Waals surface area (Å²) in [4.78, 5) is 0. The minimum Gasteiger partial charge on any atom is -0.145 e. The third kappa shape index (κ3) is 6.67. The number of halogens is 2. The van der Waals surface area contributed by atoms with Gasteiger partial charge in [-0.1, -0.05) is 24.3 Å². The molecule has 0 heterocycles. The van der Waals surface area contributed by atoms with Gasteiger partial charge in [0.25, 0.3) is 6.69 Å². The molecule has 0 spiro atoms. The molecule has 64 valence electrons. The molecule has 0 aliphatic rings. The van der Waals surface area contributed by atoms with E-state index in [-0.39, 0.29) is 0 Å². The van der Waals surface area contributed by atoms with Crippen molar-refractivity contribution in [1.29, 1.82) is 0 Å². The van der Waals surface area contributed by atoms with E-state index in [0.717, 1.165) is 12.1 Å². The van der Waals surface area contributed by atoms with Gasteiger partial charge >= 0.3 is 0 Å². The number of allylic oxidation sites excluding steroid dienone is 4. The zero-order valence-corrected chi connectivity index (χ0v) is 9.49. The molecule has 0 aromatic heterocycles. The summed E-state index contributed by atoms with van der Waals surface area (Å²) >= 11 is 12.2. The van der Waals surface area contributed by atoms with Crippen LogP contribution in [0.3, 0.4) is 0 Å². The van der Waals surface area contributed by atoms with Crippen LogP contribution in [0.5, 0.6) is 0 Å². The number of hydrogen-bond acceptors (Lipinski definition) is 0. The molecule has 0 aliphatic heterocycles. The number of rotatable bonds is 4. The first-order valence-electron chi connectivity index (χ1n) is 3.72. The van der Waals surface area contributed by atoms with Gasteiger partial charge in [0.15, 0.2) is 0 Å². The van der Waals surface area contributed by atoms with Crippen molar-refractivity contribution >= 4 is 28.9 Å². The average molecular weight is 209 g/mol. The van der Waals surface area contributed by atoms with Gasteiger partial charge in [-0.3, -0.25) is 0 Å². The first-order valence-corrected chi connectivity index (χ1v) is 8.16. The van der Waals surface area contributed by atoms with Crippen molar-refractivity contribution < 1.29 is 0 Å². The average Bonchev–Trinajstić information content (AvgIpc) is 1.97. The predicted octanol–water partition coefficient (Wildman–Crippen LogP) is 4.06. The van der Waals surface area contributed by atoms with E-state index in [9.17, 15) is 0 Å². The Morgan fingerprint density at radius 3 is 1.64 bits per heavy atom. The van der Waals surface area contributed by atoms with Crippen molar-refractivity contribution in [3.63, 3.8) is 0 Å². The minimum atomic E-state index is -1.97. The second kappa shape index (κ2) is 5.87. The molecule has 0 fully saturated rings. The van der Waals surface area contributed by atoms with Crippen molar-refractivity contribution in [2.75, 3.05) is 0 Å². The predicted molar refractivity (Wildman–Crippen MR) is 56.7 cm³/mol. The van der Waals surface area contributed by atoms with E-state index in [1.165, 1.54) is 0 Å². The summed E-state index contributed by atoms with van der Waals surface area (Å²) in [6.07, 6.45) is 8.05. The van der Waals surface area contributed by atoms with Crippen LogP contribution in [0.1, 0.15) is 13.8 Å². The van der Waals surface area contributed by atoms with Crippen LogP contribution in [0.2, 0.25) is 12.1 Å². The van der Waals surface area contributed by atoms with Crippen LogP contribution in [0, 0.1) is 0 Å². The monoisotopic (exact) mass is 208 g/mol. The van der Waals surface area contributed by atoms with Crippen LogP contribution >= 0.6 is 22.2 Å². The smallest absolute Gasteiger partial charge is 0.145 e. The van der Waals surface area contributed by atoms with E-state index in [4.69, 9.17) is 22.2 Å². The second-order valence-electron chi connectivity index (χ2n) is 2.40. The third-order valence-electron chi connectivity index (χ3n) is 1.30. The van der Waals surface area contributed by atoms with Crippen molar-refractivity contribution in [2.45, 2.75) is 25.9 Å². The highest BCUT2D eigenvalue weighted by Gasteiger charge is 2.24. The molecule has 0 amide bonds. The maximum Gasteiger partial charge on any atom is 0.258 e. The Morgan fingerprint density at radius 2 is 1.36 bits per heavy atom. The maximum absolute atomic E-state index is 6.10. The van der Waals surface area contributed by atoms with Gasteiger partial charge in [0.2, 0.25) is 0 Å². The highest BCUT2D eigenvalue weighted by Crippen LogP contribution is 2.26. The highest BCUT2D eigenvalue weighted by molar-refractivity contribution is 7.45. The molecular weight excluding hydrogens is 195 g/mol. The third-order valence-corrected chi connectivity index (χ3v) is 4.82. The van der Waals surface area contributed by atoms with Gasteiger partial charge in [-0.15, -0.1) is 22.2 Å². The SMILES string of the molecule is CC=CC[Si](Cl)(Cl)CC=CC. The Labute approximate surface area is 79.3 Å². The molecule has 0 aromatic carbocycles. The Balaban J connectivity index is 3.78. The largest absolute Gasteiger partial charge is 0.258 e. The zero-order chi connectivity index (χ0) is 8.74. The fourth-order valence-electron chi connectivity index (χ4n) is 0.664. The van der Waals surface area contributed by atoms with Gasteiger partial charge < -0.3 is 0 Å². The maximum atomic E-state index is 6.10. The molecule has 11 heavy (non-hydrogen) atoms. The molecule has 0 bridgehead atoms. The molecule has 0 saturated heterocycles. The van der Waals surface area contributed by atoms with Crippen LogP contribution in [0.25, 0.3) is 0 Å². The van der Waals surface area contributed by atoms with Crippen molar-refractivity contribution in [3.05, 3.63) is 24.3 Å². The molecule has 0 radical (unpaired) electrons. The van der Waals surface area contributed by atoms with Gasteiger partial charge in [0.05, 0.1) is 0 Å². The Bertz CT molecular complexity index is 134. The topological polar surface area (TPSA) is 0 Å². The first kappa shape index (κ1) is 11.3. The molecule has 0 rings (SSSR count). The molecule has 0 aliphatic carbocycles. The highest BCUT2D eigenvalue weighted by atomic mass is 35.7. The standard InChI is InChI=1S/C8H14Cl2Si/c1-3-5-7-11(9,10)8-6-4-2/h3-6H,7-8H2,1-2H3. The summed E-state index contributed by atoms with van der Waals surface area (Å²) in [6, 6.07) is 1.69. The Morgan fingerprint density at radius 1 is 1.00 bits per heavy atom. The van der Waals surface area contributed by atoms with E-state index in [2.05, 4.69) is 0 Å². The van der Waals surface area contributed by atoms with Crippen molar-refractivity contribution in [2.24, 2.45) is 0 Å². The molecule has 0 aromatic rings. The molecule has 0 nitrogen and oxygen atoms in total. The Hall–Kier alpha value is 0.277. The summed E-state index contributed by atoms with van der Waals surface area (Å²) in [5, 5.41) is 0. The lowest BCUT2D eigenvalue weighted by Gasteiger charge is -2.10. The first-order chi connectivity index (χ1) is 5.12. The zero-order valence-electron chi connectivity index (χ0n) is 6.98. The van der Waals surface area contributed by atoms with Crippen LogP contribution in [0.4, 0.5) is 0 Å². The Kier molecular flexibility index (Phi) is 6.02. The molecule has 0 N–H and O–H groups in total. The van der Waals surface area contributed by atoms with E-state index in [1.54, 1.807) is 0 Å². The molecule has 0 unspecified atom stereocenters. The fourth-order valence-corrected chi connectivity index (χ4v) is 3.06. The van der Waals surface area contributed by atoms with E-state index in [0.29, 0.717) is 0 Å². The fraction of sp³-hybridized carbons (Fsp3) is 0.500. The van der Waals surface area contributed by atoms with Gasteiger partial charge in [0.1, 0.15) is 0 Å². The van der Waals surface area contributed by atoms with E-state index >= 15 is 0 Å². The van der Waals surface area contributed by atoms with Crippen molar-refractivity contribution in [1.82, 2.24) is 0 Å². The van der Waals surface area contributed by atoms with Crippen LogP contribution in [-0.2, 0) is 0 Å². The quantitative estimate of drug-likeness (QED) is 0.372. The number of hydrogen-bond donors (Lipinski definition) is 0. The van der Waals surface area contributed by atoms with Crippen molar-refractivity contribution in [3.8, 4) is 0 Å². The summed E-state index contributed by atoms with van der Waals surface area (Å²) in [5.41, 5.74) is 0. The summed E-state index contributed by atoms with van der Waals surface area (Å²) < 4.78 is 0. The summed E-state index contributed by atoms with van der Waals surface area (Å²) in [7, 11) is 0. The van der Waals surface area contributed by atoms with Crippen LogP contribution in [0.15, 0.2) is 24.3 Å². The normalized spacial score (nSPS) is 13.5. The van der Waals surface area contributed by atoms with Crippen LogP contribution < -0.4 is 0 Å². The van der Waals surface area contributed by atoms with E-state index < -0.39 is 6.69 Å². The van der Waals surface area contributed by atoms with Gasteiger partial charge in [0, 0.05) is 0 Å². The van der Waals surface area contributed by atoms with E-state index in [1.807, 2.05) is 38.2 Å². The van der Waals surface area contributed by atoms with Gasteiger partial charge in [-0.25, -0.2) is 0 Å². The molecule has 0 atom stereocenters. The molecule has 3 heteroatoms. The lowest BCUT2D eigenvalue weighted by molar-refractivity contribution is 1.50.